The number of ether oxygens (including phenoxy) is 1. The summed E-state index contributed by atoms with van der Waals surface area (Å²) in [6, 6.07) is 16.5. The smallest absolute Gasteiger partial charge is 0.252 e. The van der Waals surface area contributed by atoms with E-state index in [1.54, 1.807) is 27.6 Å². The molecule has 2 aromatic carbocycles. The van der Waals surface area contributed by atoms with Crippen molar-refractivity contribution in [1.82, 2.24) is 34.7 Å². The number of pyridine rings is 1. The minimum Gasteiger partial charge on any atom is -0.381 e. The van der Waals surface area contributed by atoms with Crippen molar-refractivity contribution in [3.63, 3.8) is 0 Å². The summed E-state index contributed by atoms with van der Waals surface area (Å²) < 4.78 is 8.66. The van der Waals surface area contributed by atoms with Gasteiger partial charge in [-0.25, -0.2) is 4.98 Å². The van der Waals surface area contributed by atoms with Gasteiger partial charge in [-0.05, 0) is 77.2 Å². The van der Waals surface area contributed by atoms with Crippen molar-refractivity contribution in [1.29, 1.82) is 0 Å². The molecule has 11 nitrogen and oxygen atoms in total. The molecule has 3 aromatic heterocycles. The molecule has 2 aliphatic rings. The van der Waals surface area contributed by atoms with Crippen LogP contribution in [0.15, 0.2) is 71.9 Å². The number of carbonyl (C=O) groups is 1. The predicted octanol–water partition coefficient (Wildman–Crippen LogP) is 4.05. The first-order valence-corrected chi connectivity index (χ1v) is 13.7. The third-order valence-electron chi connectivity index (χ3n) is 7.67. The molecule has 2 N–H and O–H groups in total. The molecule has 1 unspecified atom stereocenters. The molecule has 1 saturated heterocycles. The molecule has 12 heteroatoms. The number of nitrogens with zero attached hydrogens (tertiary/aromatic N) is 6. The van der Waals surface area contributed by atoms with Crippen molar-refractivity contribution >= 4 is 23.2 Å². The average Bonchev–Trinajstić information content (AvgIpc) is 3.80. The van der Waals surface area contributed by atoms with Crippen LogP contribution in [0, 0.1) is 5.92 Å². The molecule has 5 aromatic rings. The van der Waals surface area contributed by atoms with Crippen LogP contribution in [-0.4, -0.2) is 53.9 Å². The molecule has 0 radical (unpaired) electrons. The Balaban J connectivity index is 1.13. The number of aromatic nitrogens is 7. The van der Waals surface area contributed by atoms with E-state index < -0.39 is 0 Å². The Morgan fingerprint density at radius 1 is 1.07 bits per heavy atom. The lowest BCUT2D eigenvalue weighted by atomic mass is 10.0. The van der Waals surface area contributed by atoms with Gasteiger partial charge >= 0.3 is 0 Å². The van der Waals surface area contributed by atoms with Crippen molar-refractivity contribution in [2.45, 2.75) is 25.3 Å². The van der Waals surface area contributed by atoms with Crippen LogP contribution in [0.5, 0.6) is 0 Å². The number of benzene rings is 2. The van der Waals surface area contributed by atoms with Crippen molar-refractivity contribution in [2.75, 3.05) is 18.5 Å². The molecule has 0 aliphatic carbocycles. The monoisotopic (exact) mass is 568 g/mol. The van der Waals surface area contributed by atoms with E-state index in [4.69, 9.17) is 16.3 Å². The minimum atomic E-state index is -0.203. The number of aryl methyl sites for hydroxylation is 1. The molecule has 41 heavy (non-hydrogen) atoms. The Kier molecular flexibility index (Phi) is 6.44. The van der Waals surface area contributed by atoms with Gasteiger partial charge in [0.25, 0.3) is 5.56 Å². The molecule has 7 rings (SSSR count). The Morgan fingerprint density at radius 3 is 2.73 bits per heavy atom. The second-order valence-corrected chi connectivity index (χ2v) is 10.7. The van der Waals surface area contributed by atoms with Gasteiger partial charge in [-0.2, -0.15) is 4.68 Å². The number of amides is 1. The van der Waals surface area contributed by atoms with Gasteiger partial charge in [0.2, 0.25) is 5.91 Å². The number of nitrogens with one attached hydrogen (secondary N) is 2. The van der Waals surface area contributed by atoms with E-state index in [0.29, 0.717) is 18.2 Å². The Hall–Kier alpha value is -4.61. The lowest BCUT2D eigenvalue weighted by Crippen LogP contribution is -2.23. The largest absolute Gasteiger partial charge is 0.381 e. The van der Waals surface area contributed by atoms with Crippen LogP contribution >= 0.6 is 11.6 Å². The van der Waals surface area contributed by atoms with Crippen LogP contribution in [0.3, 0.4) is 0 Å². The molecule has 2 atom stereocenters. The van der Waals surface area contributed by atoms with Crippen LogP contribution in [0.2, 0.25) is 5.02 Å². The number of aromatic amines is 1. The zero-order chi connectivity index (χ0) is 27.9. The normalized spacial score (nSPS) is 18.0. The SMILES string of the molecule is O=C(Nc1ccc(-c2cnc([C@@H]3CCc4cc(-c5cc(Cl)ccc5-n5cnnn5)cc(=O)n43)[nH]2)cc1)C1CCOC1. The zero-order valence-electron chi connectivity index (χ0n) is 21.8. The van der Waals surface area contributed by atoms with E-state index in [2.05, 4.69) is 30.8 Å². The molecular formula is C29H25ClN8O3. The van der Waals surface area contributed by atoms with Gasteiger partial charge in [0, 0.05) is 34.6 Å². The molecule has 0 saturated carbocycles. The van der Waals surface area contributed by atoms with Crippen LogP contribution in [-0.2, 0) is 16.0 Å². The van der Waals surface area contributed by atoms with Crippen LogP contribution in [0.4, 0.5) is 5.69 Å². The maximum absolute atomic E-state index is 13.5. The van der Waals surface area contributed by atoms with Gasteiger partial charge in [-0.1, -0.05) is 23.7 Å². The van der Waals surface area contributed by atoms with Crippen molar-refractivity contribution in [2.24, 2.45) is 5.92 Å². The van der Waals surface area contributed by atoms with Gasteiger partial charge in [0.05, 0.1) is 36.1 Å². The molecule has 1 amide bonds. The molecule has 1 fully saturated rings. The van der Waals surface area contributed by atoms with Gasteiger partial charge in [-0.15, -0.1) is 5.10 Å². The Bertz CT molecular complexity index is 1790. The van der Waals surface area contributed by atoms with E-state index in [1.165, 1.54) is 6.33 Å². The predicted molar refractivity (Wildman–Crippen MR) is 152 cm³/mol. The highest BCUT2D eigenvalue weighted by Crippen LogP contribution is 2.34. The second-order valence-electron chi connectivity index (χ2n) is 10.2. The van der Waals surface area contributed by atoms with Gasteiger partial charge in [0.15, 0.2) is 0 Å². The summed E-state index contributed by atoms with van der Waals surface area (Å²) >= 11 is 6.32. The maximum Gasteiger partial charge on any atom is 0.252 e. The number of anilines is 1. The topological polar surface area (TPSA) is 133 Å². The van der Waals surface area contributed by atoms with Crippen LogP contribution < -0.4 is 10.9 Å². The number of hydrogen-bond donors (Lipinski definition) is 2. The highest BCUT2D eigenvalue weighted by Gasteiger charge is 2.28. The second kappa shape index (κ2) is 10.4. The third kappa shape index (κ3) is 4.83. The first-order chi connectivity index (χ1) is 20.0. The van der Waals surface area contributed by atoms with Crippen LogP contribution in [0.25, 0.3) is 28.1 Å². The van der Waals surface area contributed by atoms with Crippen molar-refractivity contribution < 1.29 is 9.53 Å². The molecule has 2 aliphatic heterocycles. The fourth-order valence-electron chi connectivity index (χ4n) is 5.59. The van der Waals surface area contributed by atoms with Gasteiger partial charge < -0.3 is 19.6 Å². The number of tetrazole rings is 1. The Labute approximate surface area is 239 Å². The van der Waals surface area contributed by atoms with E-state index >= 15 is 0 Å². The van der Waals surface area contributed by atoms with Crippen LogP contribution in [0.1, 0.15) is 30.4 Å². The minimum absolute atomic E-state index is 0.0189. The number of H-pyrrole nitrogens is 1. The summed E-state index contributed by atoms with van der Waals surface area (Å²) in [5, 5.41) is 15.0. The summed E-state index contributed by atoms with van der Waals surface area (Å²) in [6.07, 6.45) is 5.51. The molecule has 5 heterocycles. The van der Waals surface area contributed by atoms with E-state index in [-0.39, 0.29) is 23.4 Å². The molecule has 0 spiro atoms. The third-order valence-corrected chi connectivity index (χ3v) is 7.91. The zero-order valence-corrected chi connectivity index (χ0v) is 22.6. The first kappa shape index (κ1) is 25.4. The van der Waals surface area contributed by atoms with Gasteiger partial charge in [0.1, 0.15) is 12.2 Å². The van der Waals surface area contributed by atoms with Crippen molar-refractivity contribution in [3.05, 3.63) is 94.0 Å². The fourth-order valence-corrected chi connectivity index (χ4v) is 5.76. The number of imidazole rings is 1. The van der Waals surface area contributed by atoms with Crippen molar-refractivity contribution in [3.8, 4) is 28.1 Å². The maximum atomic E-state index is 13.5. The number of carbonyl (C=O) groups excluding carboxylic acids is 1. The summed E-state index contributed by atoms with van der Waals surface area (Å²) in [7, 11) is 0. The summed E-state index contributed by atoms with van der Waals surface area (Å²) in [5.74, 6) is 0.607. The number of rotatable bonds is 6. The number of halogens is 1. The van der Waals surface area contributed by atoms with E-state index in [1.807, 2.05) is 42.5 Å². The average molecular weight is 569 g/mol. The first-order valence-electron chi connectivity index (χ1n) is 13.4. The number of fused-ring (bicyclic) bond motifs is 1. The van der Waals surface area contributed by atoms with Gasteiger partial charge in [-0.3, -0.25) is 9.59 Å². The lowest BCUT2D eigenvalue weighted by Gasteiger charge is -2.15. The molecule has 0 bridgehead atoms. The molecular weight excluding hydrogens is 544 g/mol. The molecule has 206 valence electrons. The summed E-state index contributed by atoms with van der Waals surface area (Å²) in [5.41, 5.74) is 5.56. The quantitative estimate of drug-likeness (QED) is 0.316. The van der Waals surface area contributed by atoms with E-state index in [9.17, 15) is 9.59 Å². The summed E-state index contributed by atoms with van der Waals surface area (Å²) in [6.45, 7) is 1.10. The lowest BCUT2D eigenvalue weighted by molar-refractivity contribution is -0.119. The standard InChI is InChI=1S/C29H25ClN8O3/c30-20-3-7-25(37-16-32-35-36-37)23(13-20)19-11-22-6-8-26(38(22)27(39)12-19)28-31-14-24(34-28)17-1-4-21(5-2-17)33-29(40)18-9-10-41-15-18/h1-5,7,11-14,16,18,26H,6,8-10,15H2,(H,31,34)(H,33,40)/t18?,26-/m0/s1. The highest BCUT2D eigenvalue weighted by atomic mass is 35.5. The number of hydrogen-bond acceptors (Lipinski definition) is 7. The fraction of sp³-hybridized carbons (Fsp3) is 0.241. The highest BCUT2D eigenvalue weighted by molar-refractivity contribution is 6.31. The summed E-state index contributed by atoms with van der Waals surface area (Å²) in [4.78, 5) is 33.9. The van der Waals surface area contributed by atoms with E-state index in [0.717, 1.165) is 64.5 Å². The Morgan fingerprint density at radius 2 is 1.95 bits per heavy atom.